The maximum absolute atomic E-state index is 12.7. The van der Waals surface area contributed by atoms with Crippen molar-refractivity contribution in [1.82, 2.24) is 10.6 Å². The zero-order valence-electron chi connectivity index (χ0n) is 19.0. The fourth-order valence-electron chi connectivity index (χ4n) is 3.51. The van der Waals surface area contributed by atoms with Crippen molar-refractivity contribution < 1.29 is 23.8 Å². The van der Waals surface area contributed by atoms with E-state index in [1.807, 2.05) is 51.1 Å². The molecule has 3 rings (SSSR count). The van der Waals surface area contributed by atoms with E-state index in [2.05, 4.69) is 10.6 Å². The van der Waals surface area contributed by atoms with E-state index in [4.69, 9.17) is 14.2 Å². The third-order valence-electron chi connectivity index (χ3n) is 5.17. The van der Waals surface area contributed by atoms with Crippen LogP contribution in [-0.2, 0) is 16.1 Å². The number of amides is 2. The molecule has 0 spiro atoms. The summed E-state index contributed by atoms with van der Waals surface area (Å²) in [6.07, 6.45) is 0.712. The van der Waals surface area contributed by atoms with Gasteiger partial charge in [0, 0.05) is 5.70 Å². The average molecular weight is 439 g/mol. The number of urea groups is 1. The summed E-state index contributed by atoms with van der Waals surface area (Å²) in [5.41, 5.74) is 3.78. The van der Waals surface area contributed by atoms with Crippen molar-refractivity contribution in [3.63, 3.8) is 0 Å². The van der Waals surface area contributed by atoms with Gasteiger partial charge in [0.2, 0.25) is 0 Å². The quantitative estimate of drug-likeness (QED) is 0.561. The molecule has 2 aromatic carbocycles. The van der Waals surface area contributed by atoms with Crippen LogP contribution in [0.1, 0.15) is 49.9 Å². The second-order valence-electron chi connectivity index (χ2n) is 7.56. The van der Waals surface area contributed by atoms with Gasteiger partial charge in [-0.3, -0.25) is 0 Å². The first-order chi connectivity index (χ1) is 15.4. The van der Waals surface area contributed by atoms with Crippen LogP contribution in [0.5, 0.6) is 11.5 Å². The number of hydrogen-bond acceptors (Lipinski definition) is 5. The molecule has 1 heterocycles. The molecule has 0 saturated carbocycles. The Kier molecular flexibility index (Phi) is 7.76. The first-order valence-corrected chi connectivity index (χ1v) is 10.8. The van der Waals surface area contributed by atoms with Gasteiger partial charge < -0.3 is 24.8 Å². The van der Waals surface area contributed by atoms with Crippen LogP contribution in [0.4, 0.5) is 4.79 Å². The van der Waals surface area contributed by atoms with Gasteiger partial charge in [0.15, 0.2) is 11.5 Å². The van der Waals surface area contributed by atoms with E-state index in [9.17, 15) is 9.59 Å². The fourth-order valence-corrected chi connectivity index (χ4v) is 3.51. The third-order valence-corrected chi connectivity index (χ3v) is 5.17. The maximum Gasteiger partial charge on any atom is 0.338 e. The molecule has 2 aromatic rings. The van der Waals surface area contributed by atoms with Crippen LogP contribution < -0.4 is 20.1 Å². The van der Waals surface area contributed by atoms with E-state index in [1.165, 1.54) is 0 Å². The molecule has 1 unspecified atom stereocenters. The largest absolute Gasteiger partial charge is 0.490 e. The van der Waals surface area contributed by atoms with Gasteiger partial charge in [-0.25, -0.2) is 9.59 Å². The Balaban J connectivity index is 1.90. The second-order valence-corrected chi connectivity index (χ2v) is 7.56. The topological polar surface area (TPSA) is 85.9 Å². The Hall–Kier alpha value is -3.48. The average Bonchev–Trinajstić information content (AvgIpc) is 2.77. The van der Waals surface area contributed by atoms with Gasteiger partial charge in [-0.15, -0.1) is 0 Å². The molecule has 0 aliphatic carbocycles. The van der Waals surface area contributed by atoms with Crippen molar-refractivity contribution in [2.24, 2.45) is 0 Å². The van der Waals surface area contributed by atoms with Crippen LogP contribution in [0.3, 0.4) is 0 Å². The Morgan fingerprint density at radius 2 is 1.81 bits per heavy atom. The molecule has 7 heteroatoms. The Morgan fingerprint density at radius 1 is 1.03 bits per heavy atom. The number of ether oxygens (including phenoxy) is 3. The first-order valence-electron chi connectivity index (χ1n) is 10.8. The molecule has 0 fully saturated rings. The molecule has 2 amide bonds. The summed E-state index contributed by atoms with van der Waals surface area (Å²) in [5, 5.41) is 5.47. The minimum absolute atomic E-state index is 0.312. The molecule has 1 aliphatic heterocycles. The summed E-state index contributed by atoms with van der Waals surface area (Å²) in [7, 11) is 0. The number of allylic oxidation sites excluding steroid dienone is 1. The second kappa shape index (κ2) is 10.7. The van der Waals surface area contributed by atoms with Crippen molar-refractivity contribution >= 4 is 12.0 Å². The Morgan fingerprint density at radius 3 is 2.53 bits per heavy atom. The van der Waals surface area contributed by atoms with Gasteiger partial charge in [0.1, 0.15) is 6.61 Å². The number of hydrogen-bond donors (Lipinski definition) is 2. The number of carbonyl (C=O) groups excluding carboxylic acids is 2. The van der Waals surface area contributed by atoms with Crippen LogP contribution >= 0.6 is 0 Å². The van der Waals surface area contributed by atoms with E-state index in [0.29, 0.717) is 54.6 Å². The lowest BCUT2D eigenvalue weighted by molar-refractivity contribution is -0.139. The highest BCUT2D eigenvalue weighted by Gasteiger charge is 2.32. The molecule has 7 nitrogen and oxygen atoms in total. The molecule has 170 valence electrons. The fraction of sp³-hybridized carbons (Fsp3) is 0.360. The molecule has 0 radical (unpaired) electrons. The summed E-state index contributed by atoms with van der Waals surface area (Å²) in [5.74, 6) is 0.680. The molecular formula is C25H30N2O5. The standard InChI is InChI=1S/C25H30N2O5/c1-5-13-31-24(28)22-17(4)26-25(29)27-23(22)18-11-12-20(21(14-18)30-6-2)32-15-19-10-8-7-9-16(19)3/h7-12,14,23H,5-6,13,15H2,1-4H3,(H2,26,27,29). The van der Waals surface area contributed by atoms with Gasteiger partial charge in [0.05, 0.1) is 24.8 Å². The van der Waals surface area contributed by atoms with Crippen LogP contribution in [0.15, 0.2) is 53.7 Å². The minimum atomic E-state index is -0.655. The van der Waals surface area contributed by atoms with Crippen molar-refractivity contribution in [2.45, 2.75) is 46.8 Å². The van der Waals surface area contributed by atoms with E-state index >= 15 is 0 Å². The number of aryl methyl sites for hydroxylation is 1. The Labute approximate surface area is 188 Å². The van der Waals surface area contributed by atoms with E-state index in [-0.39, 0.29) is 6.03 Å². The first kappa shape index (κ1) is 23.2. The van der Waals surface area contributed by atoms with Gasteiger partial charge >= 0.3 is 12.0 Å². The lowest BCUT2D eigenvalue weighted by Gasteiger charge is -2.28. The van der Waals surface area contributed by atoms with Crippen molar-refractivity contribution in [2.75, 3.05) is 13.2 Å². The number of nitrogens with one attached hydrogen (secondary N) is 2. The highest BCUT2D eigenvalue weighted by atomic mass is 16.5. The molecule has 0 bridgehead atoms. The van der Waals surface area contributed by atoms with E-state index in [1.54, 1.807) is 19.1 Å². The number of carbonyl (C=O) groups is 2. The Bertz CT molecular complexity index is 1020. The van der Waals surface area contributed by atoms with Crippen molar-refractivity contribution in [1.29, 1.82) is 0 Å². The maximum atomic E-state index is 12.7. The van der Waals surface area contributed by atoms with Gasteiger partial charge in [-0.2, -0.15) is 0 Å². The predicted octanol–water partition coefficient (Wildman–Crippen LogP) is 4.55. The van der Waals surface area contributed by atoms with Crippen LogP contribution in [0.25, 0.3) is 0 Å². The monoisotopic (exact) mass is 438 g/mol. The summed E-state index contributed by atoms with van der Waals surface area (Å²) < 4.78 is 17.2. The zero-order valence-corrected chi connectivity index (χ0v) is 19.0. The molecule has 1 aliphatic rings. The number of rotatable bonds is 9. The third kappa shape index (κ3) is 5.41. The highest BCUT2D eigenvalue weighted by molar-refractivity contribution is 5.95. The molecule has 0 saturated heterocycles. The van der Waals surface area contributed by atoms with Crippen molar-refractivity contribution in [3.8, 4) is 11.5 Å². The molecule has 32 heavy (non-hydrogen) atoms. The van der Waals surface area contributed by atoms with Gasteiger partial charge in [-0.05, 0) is 56.0 Å². The van der Waals surface area contributed by atoms with Crippen LogP contribution in [-0.4, -0.2) is 25.2 Å². The summed E-state index contributed by atoms with van der Waals surface area (Å²) in [4.78, 5) is 24.8. The number of esters is 1. The zero-order chi connectivity index (χ0) is 23.1. The van der Waals surface area contributed by atoms with Crippen LogP contribution in [0.2, 0.25) is 0 Å². The van der Waals surface area contributed by atoms with Crippen LogP contribution in [0, 0.1) is 6.92 Å². The van der Waals surface area contributed by atoms with Gasteiger partial charge in [-0.1, -0.05) is 37.3 Å². The SMILES string of the molecule is CCCOC(=O)C1=C(C)NC(=O)NC1c1ccc(OCc2ccccc2C)c(OCC)c1. The normalized spacial score (nSPS) is 15.6. The lowest BCUT2D eigenvalue weighted by atomic mass is 9.95. The minimum Gasteiger partial charge on any atom is -0.490 e. The van der Waals surface area contributed by atoms with Crippen molar-refractivity contribution in [3.05, 3.63) is 70.4 Å². The summed E-state index contributed by atoms with van der Waals surface area (Å²) in [6, 6.07) is 12.4. The van der Waals surface area contributed by atoms with Gasteiger partial charge in [0.25, 0.3) is 0 Å². The molecule has 0 aromatic heterocycles. The lowest BCUT2D eigenvalue weighted by Crippen LogP contribution is -2.45. The molecular weight excluding hydrogens is 408 g/mol. The number of benzene rings is 2. The predicted molar refractivity (Wildman–Crippen MR) is 121 cm³/mol. The summed E-state index contributed by atoms with van der Waals surface area (Å²) in [6.45, 7) is 8.72. The highest BCUT2D eigenvalue weighted by Crippen LogP contribution is 2.35. The smallest absolute Gasteiger partial charge is 0.338 e. The van der Waals surface area contributed by atoms with E-state index < -0.39 is 12.0 Å². The molecule has 1 atom stereocenters. The summed E-state index contributed by atoms with van der Waals surface area (Å²) >= 11 is 0. The van der Waals surface area contributed by atoms with E-state index in [0.717, 1.165) is 11.1 Å². The molecule has 2 N–H and O–H groups in total.